The molecule has 0 bridgehead atoms. The molecule has 2 aromatic rings. The maximum absolute atomic E-state index is 6.23. The summed E-state index contributed by atoms with van der Waals surface area (Å²) in [5, 5.41) is 0.466. The third-order valence-corrected chi connectivity index (χ3v) is 4.75. The van der Waals surface area contributed by atoms with Gasteiger partial charge in [0.1, 0.15) is 10.8 Å². The average molecular weight is 453 g/mol. The first-order valence-corrected chi connectivity index (χ1v) is 7.90. The molecule has 0 aliphatic heterocycles. The van der Waals surface area contributed by atoms with E-state index in [1.165, 1.54) is 0 Å². The SMILES string of the molecule is CC(C)(C)c1nc(-c2ncccc2Br)nc(Cl)c1I. The molecule has 0 aliphatic rings. The normalized spacial score (nSPS) is 11.7. The van der Waals surface area contributed by atoms with Gasteiger partial charge in [0.2, 0.25) is 0 Å². The van der Waals surface area contributed by atoms with Gasteiger partial charge in [-0.25, -0.2) is 9.97 Å². The van der Waals surface area contributed by atoms with Crippen LogP contribution in [-0.2, 0) is 5.41 Å². The molecule has 0 fully saturated rings. The second-order valence-corrected chi connectivity index (χ2v) is 7.38. The van der Waals surface area contributed by atoms with Gasteiger partial charge in [-0.3, -0.25) is 4.98 Å². The van der Waals surface area contributed by atoms with E-state index in [1.54, 1.807) is 6.20 Å². The fraction of sp³-hybridized carbons (Fsp3) is 0.308. The van der Waals surface area contributed by atoms with E-state index < -0.39 is 0 Å². The van der Waals surface area contributed by atoms with E-state index >= 15 is 0 Å². The standard InChI is InChI=1S/C13H12BrClIN3/c1-13(2,3)10-8(16)11(15)19-12(18-10)9-7(14)5-4-6-17-9/h4-6H,1-3H3. The van der Waals surface area contributed by atoms with E-state index in [9.17, 15) is 0 Å². The summed E-state index contributed by atoms with van der Waals surface area (Å²) >= 11 is 11.9. The van der Waals surface area contributed by atoms with E-state index in [4.69, 9.17) is 11.6 Å². The smallest absolute Gasteiger partial charge is 0.181 e. The highest BCUT2D eigenvalue weighted by molar-refractivity contribution is 14.1. The third-order valence-electron chi connectivity index (χ3n) is 2.49. The number of nitrogens with zero attached hydrogens (tertiary/aromatic N) is 3. The quantitative estimate of drug-likeness (QED) is 0.458. The van der Waals surface area contributed by atoms with Crippen molar-refractivity contribution in [1.29, 1.82) is 0 Å². The molecule has 0 aliphatic carbocycles. The lowest BCUT2D eigenvalue weighted by Gasteiger charge is -2.20. The van der Waals surface area contributed by atoms with Crippen LogP contribution >= 0.6 is 50.1 Å². The van der Waals surface area contributed by atoms with Crippen LogP contribution in [0, 0.1) is 3.57 Å². The van der Waals surface area contributed by atoms with Crippen molar-refractivity contribution in [2.45, 2.75) is 26.2 Å². The number of halogens is 3. The number of hydrogen-bond acceptors (Lipinski definition) is 3. The molecular formula is C13H12BrClIN3. The minimum atomic E-state index is -0.0981. The minimum Gasteiger partial charge on any atom is -0.252 e. The zero-order chi connectivity index (χ0) is 14.2. The molecule has 0 radical (unpaired) electrons. The van der Waals surface area contributed by atoms with E-state index in [2.05, 4.69) is 74.2 Å². The molecule has 0 saturated heterocycles. The van der Waals surface area contributed by atoms with Gasteiger partial charge in [0, 0.05) is 16.1 Å². The molecule has 100 valence electrons. The van der Waals surface area contributed by atoms with Crippen molar-refractivity contribution in [2.75, 3.05) is 0 Å². The Morgan fingerprint density at radius 1 is 1.26 bits per heavy atom. The Kier molecular flexibility index (Phi) is 4.47. The van der Waals surface area contributed by atoms with Crippen LogP contribution in [0.5, 0.6) is 0 Å². The van der Waals surface area contributed by atoms with Gasteiger partial charge in [0.25, 0.3) is 0 Å². The van der Waals surface area contributed by atoms with Crippen molar-refractivity contribution in [3.8, 4) is 11.5 Å². The second kappa shape index (κ2) is 5.61. The largest absolute Gasteiger partial charge is 0.252 e. The summed E-state index contributed by atoms with van der Waals surface area (Å²) < 4.78 is 1.75. The molecule has 2 heterocycles. The molecule has 0 amide bonds. The molecule has 19 heavy (non-hydrogen) atoms. The molecule has 2 rings (SSSR count). The highest BCUT2D eigenvalue weighted by atomic mass is 127. The third kappa shape index (κ3) is 3.25. The second-order valence-electron chi connectivity index (χ2n) is 5.08. The van der Waals surface area contributed by atoms with Crippen molar-refractivity contribution in [2.24, 2.45) is 0 Å². The van der Waals surface area contributed by atoms with Crippen LogP contribution in [-0.4, -0.2) is 15.0 Å². The van der Waals surface area contributed by atoms with E-state index in [0.717, 1.165) is 13.7 Å². The van der Waals surface area contributed by atoms with Crippen molar-refractivity contribution < 1.29 is 0 Å². The average Bonchev–Trinajstić information content (AvgIpc) is 2.31. The summed E-state index contributed by atoms with van der Waals surface area (Å²) in [5.41, 5.74) is 1.53. The first-order chi connectivity index (χ1) is 8.80. The van der Waals surface area contributed by atoms with E-state index in [-0.39, 0.29) is 5.41 Å². The van der Waals surface area contributed by atoms with Gasteiger partial charge in [-0.1, -0.05) is 32.4 Å². The van der Waals surface area contributed by atoms with Gasteiger partial charge in [-0.15, -0.1) is 0 Å². The summed E-state index contributed by atoms with van der Waals surface area (Å²) in [7, 11) is 0. The molecule has 0 aromatic carbocycles. The lowest BCUT2D eigenvalue weighted by atomic mass is 9.92. The predicted octanol–water partition coefficient (Wildman–Crippen LogP) is 4.86. The van der Waals surface area contributed by atoms with Gasteiger partial charge < -0.3 is 0 Å². The first-order valence-electron chi connectivity index (χ1n) is 5.65. The molecule has 0 spiro atoms. The van der Waals surface area contributed by atoms with Crippen LogP contribution < -0.4 is 0 Å². The zero-order valence-corrected chi connectivity index (χ0v) is 15.2. The summed E-state index contributed by atoms with van der Waals surface area (Å²) in [6, 6.07) is 3.76. The van der Waals surface area contributed by atoms with E-state index in [1.807, 2.05) is 12.1 Å². The molecule has 2 aromatic heterocycles. The number of rotatable bonds is 1. The summed E-state index contributed by atoms with van der Waals surface area (Å²) in [6.07, 6.45) is 1.71. The van der Waals surface area contributed by atoms with E-state index in [0.29, 0.717) is 16.7 Å². The van der Waals surface area contributed by atoms with Crippen molar-refractivity contribution in [3.63, 3.8) is 0 Å². The van der Waals surface area contributed by atoms with Crippen LogP contribution in [0.1, 0.15) is 26.5 Å². The fourth-order valence-electron chi connectivity index (χ4n) is 1.57. The summed E-state index contributed by atoms with van der Waals surface area (Å²) in [6.45, 7) is 6.31. The first kappa shape index (κ1) is 15.1. The Morgan fingerprint density at radius 2 is 1.95 bits per heavy atom. The number of aromatic nitrogens is 3. The van der Waals surface area contributed by atoms with Crippen LogP contribution in [0.3, 0.4) is 0 Å². The van der Waals surface area contributed by atoms with Gasteiger partial charge in [-0.05, 0) is 50.7 Å². The highest BCUT2D eigenvalue weighted by Gasteiger charge is 2.23. The Bertz CT molecular complexity index is 626. The Labute approximate surface area is 139 Å². The number of hydrogen-bond donors (Lipinski definition) is 0. The van der Waals surface area contributed by atoms with Gasteiger partial charge in [-0.2, -0.15) is 0 Å². The van der Waals surface area contributed by atoms with Crippen LogP contribution in [0.15, 0.2) is 22.8 Å². The van der Waals surface area contributed by atoms with Gasteiger partial charge >= 0.3 is 0 Å². The van der Waals surface area contributed by atoms with Crippen molar-refractivity contribution >= 4 is 50.1 Å². The molecular weight excluding hydrogens is 440 g/mol. The molecule has 0 saturated carbocycles. The van der Waals surface area contributed by atoms with Gasteiger partial charge in [0.15, 0.2) is 5.82 Å². The molecule has 0 N–H and O–H groups in total. The van der Waals surface area contributed by atoms with Crippen molar-refractivity contribution in [1.82, 2.24) is 15.0 Å². The molecule has 0 unspecified atom stereocenters. The Balaban J connectivity index is 2.68. The zero-order valence-electron chi connectivity index (χ0n) is 10.7. The number of pyridine rings is 1. The summed E-state index contributed by atoms with van der Waals surface area (Å²) in [5.74, 6) is 0.544. The van der Waals surface area contributed by atoms with Crippen LogP contribution in [0.2, 0.25) is 5.15 Å². The monoisotopic (exact) mass is 451 g/mol. The Hall–Kier alpha value is -0.270. The Morgan fingerprint density at radius 3 is 2.53 bits per heavy atom. The maximum atomic E-state index is 6.23. The lowest BCUT2D eigenvalue weighted by Crippen LogP contribution is -2.17. The topological polar surface area (TPSA) is 38.7 Å². The highest BCUT2D eigenvalue weighted by Crippen LogP contribution is 2.32. The molecule has 3 nitrogen and oxygen atoms in total. The van der Waals surface area contributed by atoms with Crippen LogP contribution in [0.25, 0.3) is 11.5 Å². The molecule has 6 heteroatoms. The lowest BCUT2D eigenvalue weighted by molar-refractivity contribution is 0.563. The summed E-state index contributed by atoms with van der Waals surface area (Å²) in [4.78, 5) is 13.3. The predicted molar refractivity (Wildman–Crippen MR) is 89.4 cm³/mol. The van der Waals surface area contributed by atoms with Crippen molar-refractivity contribution in [3.05, 3.63) is 37.2 Å². The van der Waals surface area contributed by atoms with Crippen LogP contribution in [0.4, 0.5) is 0 Å². The maximum Gasteiger partial charge on any atom is 0.181 e. The fourth-order valence-corrected chi connectivity index (χ4v) is 3.22. The van der Waals surface area contributed by atoms with Gasteiger partial charge in [0.05, 0.1) is 9.26 Å². The minimum absolute atomic E-state index is 0.0981. The molecule has 0 atom stereocenters.